The smallest absolute Gasteiger partial charge is 0.288 e. The molecule has 0 saturated carbocycles. The molecule has 1 heterocycles. The lowest BCUT2D eigenvalue weighted by atomic mass is 10.1. The van der Waals surface area contributed by atoms with E-state index in [-0.39, 0.29) is 5.82 Å². The molecule has 0 unspecified atom stereocenters. The largest absolute Gasteiger partial charge is 0.363 e. The summed E-state index contributed by atoms with van der Waals surface area (Å²) in [7, 11) is 0. The molecule has 116 valence electrons. The molecule has 0 aliphatic heterocycles. The highest BCUT2D eigenvalue weighted by atomic mass is 16.1. The van der Waals surface area contributed by atoms with E-state index in [1.807, 2.05) is 63.2 Å². The van der Waals surface area contributed by atoms with E-state index in [1.165, 1.54) is 0 Å². The maximum absolute atomic E-state index is 11.5. The highest BCUT2D eigenvalue weighted by Crippen LogP contribution is 2.25. The van der Waals surface area contributed by atoms with Gasteiger partial charge in [0.1, 0.15) is 0 Å². The van der Waals surface area contributed by atoms with Crippen molar-refractivity contribution in [2.75, 3.05) is 0 Å². The zero-order valence-electron chi connectivity index (χ0n) is 13.4. The maximum atomic E-state index is 11.5. The van der Waals surface area contributed by atoms with Gasteiger partial charge in [0.25, 0.3) is 5.91 Å². The molecule has 3 rings (SSSR count). The van der Waals surface area contributed by atoms with E-state index < -0.39 is 5.91 Å². The maximum Gasteiger partial charge on any atom is 0.288 e. The molecule has 1 aromatic heterocycles. The third kappa shape index (κ3) is 2.73. The summed E-state index contributed by atoms with van der Waals surface area (Å²) in [6.07, 6.45) is 0. The zero-order valence-corrected chi connectivity index (χ0v) is 13.4. The minimum absolute atomic E-state index is 0.0161. The van der Waals surface area contributed by atoms with Crippen LogP contribution in [0.5, 0.6) is 0 Å². The summed E-state index contributed by atoms with van der Waals surface area (Å²) in [5, 5.41) is 4.32. The number of aryl methyl sites for hydroxylation is 2. The first-order chi connectivity index (χ1) is 11.0. The van der Waals surface area contributed by atoms with Crippen molar-refractivity contribution >= 4 is 5.91 Å². The number of nitrogens with two attached hydrogens (primary N) is 1. The van der Waals surface area contributed by atoms with E-state index in [0.29, 0.717) is 5.82 Å². The number of carbonyl (C=O) groups excluding carboxylic acids is 1. The molecule has 0 spiro atoms. The molecule has 0 bridgehead atoms. The molecule has 3 aromatic rings. The molecule has 0 radical (unpaired) electrons. The molecule has 0 atom stereocenters. The van der Waals surface area contributed by atoms with E-state index in [2.05, 4.69) is 10.1 Å². The van der Waals surface area contributed by atoms with Gasteiger partial charge in [-0.1, -0.05) is 35.9 Å². The van der Waals surface area contributed by atoms with Crippen LogP contribution in [0.25, 0.3) is 17.1 Å². The fourth-order valence-corrected chi connectivity index (χ4v) is 2.52. The van der Waals surface area contributed by atoms with Gasteiger partial charge in [-0.2, -0.15) is 0 Å². The molecule has 0 aliphatic rings. The Morgan fingerprint density at radius 1 is 1.09 bits per heavy atom. The number of aromatic nitrogens is 3. The second-order valence-corrected chi connectivity index (χ2v) is 5.62. The standard InChI is InChI=1S/C18H18N4O/c1-11-6-4-8-14(10-11)18-20-17(16(19)23)21-22(18)15-9-5-7-12(2)13(15)3/h4-10H,1-3H3,(H2,19,23). The summed E-state index contributed by atoms with van der Waals surface area (Å²) in [5.41, 5.74) is 10.5. The fourth-order valence-electron chi connectivity index (χ4n) is 2.52. The number of hydrogen-bond donors (Lipinski definition) is 1. The molecule has 2 aromatic carbocycles. The first-order valence-electron chi connectivity index (χ1n) is 7.38. The summed E-state index contributed by atoms with van der Waals surface area (Å²) in [6.45, 7) is 6.07. The quantitative estimate of drug-likeness (QED) is 0.808. The number of rotatable bonds is 3. The number of carbonyl (C=O) groups is 1. The summed E-state index contributed by atoms with van der Waals surface area (Å²) in [5.74, 6) is -0.0124. The lowest BCUT2D eigenvalue weighted by Gasteiger charge is -2.11. The summed E-state index contributed by atoms with van der Waals surface area (Å²) >= 11 is 0. The van der Waals surface area contributed by atoms with Crippen LogP contribution in [0.3, 0.4) is 0 Å². The lowest BCUT2D eigenvalue weighted by Crippen LogP contribution is -2.13. The number of primary amides is 1. The predicted octanol–water partition coefficient (Wildman–Crippen LogP) is 2.96. The SMILES string of the molecule is Cc1cccc(-c2nc(C(N)=O)nn2-c2cccc(C)c2C)c1. The molecular weight excluding hydrogens is 288 g/mol. The molecular formula is C18H18N4O. The zero-order chi connectivity index (χ0) is 16.6. The Labute approximate surface area is 134 Å². The minimum atomic E-state index is -0.636. The summed E-state index contributed by atoms with van der Waals surface area (Å²) in [6, 6.07) is 13.9. The van der Waals surface area contributed by atoms with Gasteiger partial charge in [0, 0.05) is 5.56 Å². The molecule has 23 heavy (non-hydrogen) atoms. The van der Waals surface area contributed by atoms with Crippen LogP contribution >= 0.6 is 0 Å². The van der Waals surface area contributed by atoms with Gasteiger partial charge in [-0.3, -0.25) is 4.79 Å². The van der Waals surface area contributed by atoms with Gasteiger partial charge in [0.05, 0.1) is 5.69 Å². The summed E-state index contributed by atoms with van der Waals surface area (Å²) < 4.78 is 1.69. The highest BCUT2D eigenvalue weighted by molar-refractivity contribution is 5.89. The van der Waals surface area contributed by atoms with Crippen LogP contribution < -0.4 is 5.73 Å². The van der Waals surface area contributed by atoms with Crippen LogP contribution in [0.15, 0.2) is 42.5 Å². The second kappa shape index (κ2) is 5.68. The van der Waals surface area contributed by atoms with Crippen molar-refractivity contribution in [3.63, 3.8) is 0 Å². The van der Waals surface area contributed by atoms with E-state index in [4.69, 9.17) is 5.73 Å². The van der Waals surface area contributed by atoms with Crippen LogP contribution in [0.2, 0.25) is 0 Å². The van der Waals surface area contributed by atoms with Crippen molar-refractivity contribution in [1.29, 1.82) is 0 Å². The Bertz CT molecular complexity index is 896. The van der Waals surface area contributed by atoms with Crippen molar-refractivity contribution in [3.05, 3.63) is 65.0 Å². The van der Waals surface area contributed by atoms with Gasteiger partial charge in [0.15, 0.2) is 5.82 Å². The van der Waals surface area contributed by atoms with Crippen molar-refractivity contribution < 1.29 is 4.79 Å². The number of amides is 1. The number of nitrogens with zero attached hydrogens (tertiary/aromatic N) is 3. The Morgan fingerprint density at radius 3 is 2.52 bits per heavy atom. The first kappa shape index (κ1) is 15.0. The topological polar surface area (TPSA) is 73.8 Å². The van der Waals surface area contributed by atoms with Crippen LogP contribution in [0, 0.1) is 20.8 Å². The van der Waals surface area contributed by atoms with Crippen LogP contribution in [-0.2, 0) is 0 Å². The third-order valence-electron chi connectivity index (χ3n) is 3.91. The fraction of sp³-hybridized carbons (Fsp3) is 0.167. The van der Waals surface area contributed by atoms with Crippen LogP contribution in [0.4, 0.5) is 0 Å². The first-order valence-corrected chi connectivity index (χ1v) is 7.38. The lowest BCUT2D eigenvalue weighted by molar-refractivity contribution is 0.0990. The van der Waals surface area contributed by atoms with Gasteiger partial charge in [-0.05, 0) is 44.0 Å². The summed E-state index contributed by atoms with van der Waals surface area (Å²) in [4.78, 5) is 15.9. The average molecular weight is 306 g/mol. The van der Waals surface area contributed by atoms with Crippen LogP contribution in [0.1, 0.15) is 27.3 Å². The van der Waals surface area contributed by atoms with Gasteiger partial charge in [-0.25, -0.2) is 9.67 Å². The third-order valence-corrected chi connectivity index (χ3v) is 3.91. The molecule has 1 amide bonds. The van der Waals surface area contributed by atoms with Crippen LogP contribution in [-0.4, -0.2) is 20.7 Å². The Balaban J connectivity index is 2.27. The van der Waals surface area contributed by atoms with Gasteiger partial charge in [0.2, 0.25) is 5.82 Å². The molecule has 0 fully saturated rings. The Morgan fingerprint density at radius 2 is 1.83 bits per heavy atom. The monoisotopic (exact) mass is 306 g/mol. The van der Waals surface area contributed by atoms with Crippen molar-refractivity contribution in [2.24, 2.45) is 5.73 Å². The predicted molar refractivity (Wildman–Crippen MR) is 89.5 cm³/mol. The number of benzene rings is 2. The van der Waals surface area contributed by atoms with E-state index in [9.17, 15) is 4.79 Å². The second-order valence-electron chi connectivity index (χ2n) is 5.62. The average Bonchev–Trinajstić information content (AvgIpc) is 2.95. The minimum Gasteiger partial charge on any atom is -0.363 e. The van der Waals surface area contributed by atoms with E-state index in [1.54, 1.807) is 4.68 Å². The normalized spacial score (nSPS) is 10.7. The van der Waals surface area contributed by atoms with Gasteiger partial charge >= 0.3 is 0 Å². The molecule has 0 aliphatic carbocycles. The molecule has 2 N–H and O–H groups in total. The van der Waals surface area contributed by atoms with E-state index >= 15 is 0 Å². The van der Waals surface area contributed by atoms with E-state index in [0.717, 1.165) is 27.9 Å². The molecule has 5 nitrogen and oxygen atoms in total. The number of hydrogen-bond acceptors (Lipinski definition) is 3. The Kier molecular flexibility index (Phi) is 3.70. The molecule has 0 saturated heterocycles. The van der Waals surface area contributed by atoms with Gasteiger partial charge < -0.3 is 5.73 Å². The van der Waals surface area contributed by atoms with Crippen molar-refractivity contribution in [2.45, 2.75) is 20.8 Å². The Hall–Kier alpha value is -2.95. The van der Waals surface area contributed by atoms with Crippen molar-refractivity contribution in [3.8, 4) is 17.1 Å². The van der Waals surface area contributed by atoms with Gasteiger partial charge in [-0.15, -0.1) is 5.10 Å². The van der Waals surface area contributed by atoms with Crippen molar-refractivity contribution in [1.82, 2.24) is 14.8 Å². The highest BCUT2D eigenvalue weighted by Gasteiger charge is 2.18. The molecule has 5 heteroatoms.